The van der Waals surface area contributed by atoms with Gasteiger partial charge in [-0.25, -0.2) is 0 Å². The van der Waals surface area contributed by atoms with Crippen LogP contribution >= 0.6 is 23.4 Å². The summed E-state index contributed by atoms with van der Waals surface area (Å²) in [5, 5.41) is 18.0. The second-order valence-corrected chi connectivity index (χ2v) is 5.78. The average Bonchev–Trinajstić information content (AvgIpc) is 2.79. The van der Waals surface area contributed by atoms with Crippen LogP contribution in [0.5, 0.6) is 5.75 Å². The van der Waals surface area contributed by atoms with E-state index in [0.29, 0.717) is 21.8 Å². The molecule has 0 saturated heterocycles. The van der Waals surface area contributed by atoms with Gasteiger partial charge in [0.1, 0.15) is 12.4 Å². The lowest BCUT2D eigenvalue weighted by Crippen LogP contribution is -2.05. The lowest BCUT2D eigenvalue weighted by atomic mass is 10.3. The van der Waals surface area contributed by atoms with Crippen LogP contribution < -0.4 is 4.74 Å². The average molecular weight is 309 g/mol. The molecule has 0 saturated carbocycles. The summed E-state index contributed by atoms with van der Waals surface area (Å²) in [4.78, 5) is 0. The molecular weight excluding hydrogens is 296 g/mol. The van der Waals surface area contributed by atoms with Crippen molar-refractivity contribution in [2.24, 2.45) is 7.05 Å². The van der Waals surface area contributed by atoms with E-state index in [2.05, 4.69) is 16.3 Å². The Balaban J connectivity index is 2.04. The molecule has 104 valence electrons. The Morgan fingerprint density at radius 2 is 2.20 bits per heavy atom. The zero-order valence-electron chi connectivity index (χ0n) is 11.1. The molecule has 0 bridgehead atoms. The van der Waals surface area contributed by atoms with Gasteiger partial charge in [0.05, 0.1) is 16.3 Å². The van der Waals surface area contributed by atoms with Crippen LogP contribution in [0.3, 0.4) is 0 Å². The molecule has 0 N–H and O–H groups in total. The van der Waals surface area contributed by atoms with E-state index in [1.807, 2.05) is 30.7 Å². The van der Waals surface area contributed by atoms with Crippen molar-refractivity contribution in [3.63, 3.8) is 0 Å². The van der Waals surface area contributed by atoms with Crippen LogP contribution in [-0.2, 0) is 13.7 Å². The van der Waals surface area contributed by atoms with Crippen LogP contribution in [0.4, 0.5) is 0 Å². The van der Waals surface area contributed by atoms with E-state index >= 15 is 0 Å². The molecule has 2 rings (SSSR count). The predicted molar refractivity (Wildman–Crippen MR) is 77.7 cm³/mol. The highest BCUT2D eigenvalue weighted by atomic mass is 35.5. The van der Waals surface area contributed by atoms with Gasteiger partial charge in [0.15, 0.2) is 11.0 Å². The number of ether oxygens (including phenoxy) is 1. The zero-order valence-corrected chi connectivity index (χ0v) is 12.6. The first-order valence-corrected chi connectivity index (χ1v) is 7.19. The third kappa shape index (κ3) is 3.44. The van der Waals surface area contributed by atoms with Crippen molar-refractivity contribution in [1.29, 1.82) is 5.26 Å². The lowest BCUT2D eigenvalue weighted by Gasteiger charge is -2.08. The fourth-order valence-electron chi connectivity index (χ4n) is 1.46. The second-order valence-electron chi connectivity index (χ2n) is 4.07. The highest BCUT2D eigenvalue weighted by Crippen LogP contribution is 2.25. The van der Waals surface area contributed by atoms with Gasteiger partial charge in [-0.3, -0.25) is 0 Å². The predicted octanol–water partition coefficient (Wildman–Crippen LogP) is 3.05. The smallest absolute Gasteiger partial charge is 0.192 e. The number of nitrogens with zero attached hydrogens (tertiary/aromatic N) is 4. The van der Waals surface area contributed by atoms with Crippen molar-refractivity contribution in [3.05, 3.63) is 35.1 Å². The minimum absolute atomic E-state index is 0.171. The summed E-state index contributed by atoms with van der Waals surface area (Å²) in [7, 11) is 1.84. The number of thioether (sulfide) groups is 1. The third-order valence-corrected chi connectivity index (χ3v) is 3.92. The molecule has 20 heavy (non-hydrogen) atoms. The quantitative estimate of drug-likeness (QED) is 0.794. The molecule has 0 spiro atoms. The first kappa shape index (κ1) is 14.7. The van der Waals surface area contributed by atoms with Gasteiger partial charge in [-0.05, 0) is 19.1 Å². The molecule has 0 radical (unpaired) electrons. The van der Waals surface area contributed by atoms with Gasteiger partial charge in [-0.1, -0.05) is 35.5 Å². The van der Waals surface area contributed by atoms with E-state index in [1.54, 1.807) is 12.1 Å². The fourth-order valence-corrected chi connectivity index (χ4v) is 2.37. The third-order valence-electron chi connectivity index (χ3n) is 2.58. The molecular formula is C13H13ClN4OS. The monoisotopic (exact) mass is 308 g/mol. The first-order valence-electron chi connectivity index (χ1n) is 5.93. The molecule has 0 amide bonds. The van der Waals surface area contributed by atoms with Gasteiger partial charge < -0.3 is 9.30 Å². The Hall–Kier alpha value is -1.71. The standard InChI is InChI=1S/C13H13ClN4OS/c1-9(7-15)20-13-17-16-12(18(13)2)8-19-11-6-4-3-5-10(11)14/h3-6,9H,8H2,1-2H3/t9-/m0/s1. The summed E-state index contributed by atoms with van der Waals surface area (Å²) in [6, 6.07) is 9.41. The van der Waals surface area contributed by atoms with Gasteiger partial charge in [0.25, 0.3) is 0 Å². The molecule has 0 fully saturated rings. The fraction of sp³-hybridized carbons (Fsp3) is 0.308. The van der Waals surface area contributed by atoms with E-state index in [4.69, 9.17) is 21.6 Å². The molecule has 1 atom stereocenters. The maximum Gasteiger partial charge on any atom is 0.192 e. The molecule has 2 aromatic rings. The maximum absolute atomic E-state index is 8.81. The van der Waals surface area contributed by atoms with Crippen LogP contribution in [0.15, 0.2) is 29.4 Å². The molecule has 1 aromatic carbocycles. The summed E-state index contributed by atoms with van der Waals surface area (Å²) in [5.74, 6) is 1.29. The number of para-hydroxylation sites is 1. The maximum atomic E-state index is 8.81. The Kier molecular flexibility index (Phi) is 4.88. The summed E-state index contributed by atoms with van der Waals surface area (Å²) in [5.41, 5.74) is 0. The van der Waals surface area contributed by atoms with Crippen molar-refractivity contribution < 1.29 is 4.74 Å². The topological polar surface area (TPSA) is 63.7 Å². The highest BCUT2D eigenvalue weighted by Gasteiger charge is 2.13. The van der Waals surface area contributed by atoms with Crippen LogP contribution in [0.1, 0.15) is 12.7 Å². The number of benzene rings is 1. The Labute approximate surface area is 126 Å². The number of hydrogen-bond donors (Lipinski definition) is 0. The van der Waals surface area contributed by atoms with Crippen molar-refractivity contribution >= 4 is 23.4 Å². The number of aromatic nitrogens is 3. The Bertz CT molecular complexity index is 638. The summed E-state index contributed by atoms with van der Waals surface area (Å²) >= 11 is 7.38. The Morgan fingerprint density at radius 3 is 2.90 bits per heavy atom. The van der Waals surface area contributed by atoms with Gasteiger partial charge in [0, 0.05) is 7.05 Å². The van der Waals surface area contributed by atoms with Crippen molar-refractivity contribution in [3.8, 4) is 11.8 Å². The van der Waals surface area contributed by atoms with Gasteiger partial charge in [-0.15, -0.1) is 10.2 Å². The molecule has 0 unspecified atom stereocenters. The zero-order chi connectivity index (χ0) is 14.5. The van der Waals surface area contributed by atoms with Gasteiger partial charge >= 0.3 is 0 Å². The molecule has 0 aliphatic heterocycles. The normalized spacial score (nSPS) is 11.9. The van der Waals surface area contributed by atoms with Crippen LogP contribution in [0.2, 0.25) is 5.02 Å². The summed E-state index contributed by atoms with van der Waals surface area (Å²) in [6.07, 6.45) is 0. The summed E-state index contributed by atoms with van der Waals surface area (Å²) < 4.78 is 7.43. The van der Waals surface area contributed by atoms with E-state index in [0.717, 1.165) is 0 Å². The first-order chi connectivity index (χ1) is 9.61. The molecule has 7 heteroatoms. The van der Waals surface area contributed by atoms with Crippen LogP contribution in [0.25, 0.3) is 0 Å². The highest BCUT2D eigenvalue weighted by molar-refractivity contribution is 8.00. The largest absolute Gasteiger partial charge is 0.484 e. The van der Waals surface area contributed by atoms with Crippen molar-refractivity contribution in [2.75, 3.05) is 0 Å². The number of rotatable bonds is 5. The van der Waals surface area contributed by atoms with Crippen LogP contribution in [0, 0.1) is 11.3 Å². The number of nitriles is 1. The lowest BCUT2D eigenvalue weighted by molar-refractivity contribution is 0.290. The molecule has 1 heterocycles. The van der Waals surface area contributed by atoms with E-state index in [1.165, 1.54) is 11.8 Å². The van der Waals surface area contributed by atoms with E-state index in [-0.39, 0.29) is 11.9 Å². The second kappa shape index (κ2) is 6.64. The molecule has 0 aliphatic rings. The van der Waals surface area contributed by atoms with E-state index < -0.39 is 0 Å². The minimum atomic E-state index is -0.171. The summed E-state index contributed by atoms with van der Waals surface area (Å²) in [6.45, 7) is 2.09. The van der Waals surface area contributed by atoms with Gasteiger partial charge in [0.2, 0.25) is 0 Å². The van der Waals surface area contributed by atoms with Crippen molar-refractivity contribution in [2.45, 2.75) is 23.9 Å². The van der Waals surface area contributed by atoms with Crippen LogP contribution in [-0.4, -0.2) is 20.0 Å². The minimum Gasteiger partial charge on any atom is -0.484 e. The SMILES string of the molecule is C[C@@H](C#N)Sc1nnc(COc2ccccc2Cl)n1C. The number of hydrogen-bond acceptors (Lipinski definition) is 5. The molecule has 1 aromatic heterocycles. The Morgan fingerprint density at radius 1 is 1.45 bits per heavy atom. The molecule has 0 aliphatic carbocycles. The molecule has 5 nitrogen and oxygen atoms in total. The van der Waals surface area contributed by atoms with E-state index in [9.17, 15) is 0 Å². The van der Waals surface area contributed by atoms with Gasteiger partial charge in [-0.2, -0.15) is 5.26 Å². The number of halogens is 1. The van der Waals surface area contributed by atoms with Crippen molar-refractivity contribution in [1.82, 2.24) is 14.8 Å².